The highest BCUT2D eigenvalue weighted by Crippen LogP contribution is 2.25. The van der Waals surface area contributed by atoms with Gasteiger partial charge in [-0.05, 0) is 18.8 Å². The summed E-state index contributed by atoms with van der Waals surface area (Å²) >= 11 is 0. The molecule has 1 heterocycles. The summed E-state index contributed by atoms with van der Waals surface area (Å²) in [5.41, 5.74) is 0. The standard InChI is InChI=1S/C12H19NO/c14-12-8-11(9-13-12)7-6-10-4-2-1-3-5-10/h6-7,10-11H,1-5,8-9H2,(H,13,14). The summed E-state index contributed by atoms with van der Waals surface area (Å²) in [5.74, 6) is 1.46. The Morgan fingerprint density at radius 2 is 1.79 bits per heavy atom. The van der Waals surface area contributed by atoms with Crippen molar-refractivity contribution in [1.29, 1.82) is 0 Å². The Morgan fingerprint density at radius 1 is 1.07 bits per heavy atom. The van der Waals surface area contributed by atoms with E-state index in [0.717, 1.165) is 12.5 Å². The molecule has 0 aromatic rings. The van der Waals surface area contributed by atoms with Crippen LogP contribution >= 0.6 is 0 Å². The zero-order valence-electron chi connectivity index (χ0n) is 8.67. The van der Waals surface area contributed by atoms with Gasteiger partial charge in [0.2, 0.25) is 5.91 Å². The zero-order valence-corrected chi connectivity index (χ0v) is 8.67. The van der Waals surface area contributed by atoms with Gasteiger partial charge in [-0.25, -0.2) is 0 Å². The molecule has 0 radical (unpaired) electrons. The van der Waals surface area contributed by atoms with Crippen LogP contribution < -0.4 is 5.32 Å². The quantitative estimate of drug-likeness (QED) is 0.670. The van der Waals surface area contributed by atoms with E-state index in [1.54, 1.807) is 0 Å². The maximum absolute atomic E-state index is 11.0. The van der Waals surface area contributed by atoms with Crippen LogP contribution in [-0.2, 0) is 4.79 Å². The summed E-state index contributed by atoms with van der Waals surface area (Å²) in [7, 11) is 0. The summed E-state index contributed by atoms with van der Waals surface area (Å²) in [6.07, 6.45) is 12.2. The normalized spacial score (nSPS) is 29.7. The third kappa shape index (κ3) is 2.60. The highest BCUT2D eigenvalue weighted by atomic mass is 16.1. The summed E-state index contributed by atoms with van der Waals surface area (Å²) in [4.78, 5) is 11.0. The van der Waals surface area contributed by atoms with Gasteiger partial charge in [0.1, 0.15) is 0 Å². The van der Waals surface area contributed by atoms with Gasteiger partial charge in [0.15, 0.2) is 0 Å². The summed E-state index contributed by atoms with van der Waals surface area (Å²) in [5, 5.41) is 2.87. The van der Waals surface area contributed by atoms with Crippen LogP contribution in [-0.4, -0.2) is 12.5 Å². The first kappa shape index (κ1) is 9.75. The Hall–Kier alpha value is -0.790. The molecule has 1 aliphatic heterocycles. The van der Waals surface area contributed by atoms with Crippen LogP contribution in [0.1, 0.15) is 38.5 Å². The fourth-order valence-electron chi connectivity index (χ4n) is 2.40. The SMILES string of the molecule is O=C1CC(C=CC2CCCCC2)CN1. The molecule has 0 aromatic heterocycles. The molecule has 2 nitrogen and oxygen atoms in total. The fraction of sp³-hybridized carbons (Fsp3) is 0.750. The fourth-order valence-corrected chi connectivity index (χ4v) is 2.40. The lowest BCUT2D eigenvalue weighted by Gasteiger charge is -2.18. The lowest BCUT2D eigenvalue weighted by molar-refractivity contribution is -0.119. The van der Waals surface area contributed by atoms with Crippen LogP contribution in [0.25, 0.3) is 0 Å². The molecule has 1 atom stereocenters. The predicted molar refractivity (Wildman–Crippen MR) is 56.8 cm³/mol. The van der Waals surface area contributed by atoms with Gasteiger partial charge in [-0.2, -0.15) is 0 Å². The summed E-state index contributed by atoms with van der Waals surface area (Å²) < 4.78 is 0. The largest absolute Gasteiger partial charge is 0.355 e. The van der Waals surface area contributed by atoms with Crippen molar-refractivity contribution in [2.45, 2.75) is 38.5 Å². The maximum atomic E-state index is 11.0. The van der Waals surface area contributed by atoms with Crippen LogP contribution in [0.5, 0.6) is 0 Å². The van der Waals surface area contributed by atoms with Crippen LogP contribution in [0.3, 0.4) is 0 Å². The van der Waals surface area contributed by atoms with E-state index in [1.165, 1.54) is 32.1 Å². The summed E-state index contributed by atoms with van der Waals surface area (Å²) in [6, 6.07) is 0. The van der Waals surface area contributed by atoms with Gasteiger partial charge < -0.3 is 5.32 Å². The van der Waals surface area contributed by atoms with Crippen LogP contribution in [0, 0.1) is 11.8 Å². The smallest absolute Gasteiger partial charge is 0.220 e. The van der Waals surface area contributed by atoms with E-state index in [0.29, 0.717) is 12.3 Å². The average molecular weight is 193 g/mol. The van der Waals surface area contributed by atoms with E-state index in [-0.39, 0.29) is 5.91 Å². The Kier molecular flexibility index (Phi) is 3.22. The lowest BCUT2D eigenvalue weighted by atomic mass is 9.88. The van der Waals surface area contributed by atoms with Gasteiger partial charge in [-0.1, -0.05) is 31.4 Å². The second kappa shape index (κ2) is 4.63. The molecule has 0 bridgehead atoms. The molecule has 1 saturated heterocycles. The molecule has 0 spiro atoms. The topological polar surface area (TPSA) is 29.1 Å². The van der Waals surface area contributed by atoms with E-state index >= 15 is 0 Å². The van der Waals surface area contributed by atoms with Gasteiger partial charge >= 0.3 is 0 Å². The molecular formula is C12H19NO. The number of carbonyl (C=O) groups is 1. The second-order valence-corrected chi connectivity index (χ2v) is 4.55. The van der Waals surface area contributed by atoms with E-state index in [2.05, 4.69) is 17.5 Å². The van der Waals surface area contributed by atoms with Gasteiger partial charge in [0.25, 0.3) is 0 Å². The number of amides is 1. The monoisotopic (exact) mass is 193 g/mol. The van der Waals surface area contributed by atoms with E-state index in [1.807, 2.05) is 0 Å². The molecule has 1 aliphatic carbocycles. The second-order valence-electron chi connectivity index (χ2n) is 4.55. The van der Waals surface area contributed by atoms with Crippen LogP contribution in [0.2, 0.25) is 0 Å². The highest BCUT2D eigenvalue weighted by Gasteiger charge is 2.19. The van der Waals surface area contributed by atoms with Crippen molar-refractivity contribution in [1.82, 2.24) is 5.32 Å². The molecule has 2 heteroatoms. The molecule has 2 rings (SSSR count). The molecule has 1 N–H and O–H groups in total. The van der Waals surface area contributed by atoms with Crippen molar-refractivity contribution in [3.63, 3.8) is 0 Å². The molecule has 2 fully saturated rings. The molecule has 1 unspecified atom stereocenters. The Labute approximate surface area is 85.8 Å². The first-order valence-electron chi connectivity index (χ1n) is 5.79. The Morgan fingerprint density at radius 3 is 2.43 bits per heavy atom. The van der Waals surface area contributed by atoms with Gasteiger partial charge in [-0.3, -0.25) is 4.79 Å². The molecule has 1 saturated carbocycles. The number of rotatable bonds is 2. The minimum Gasteiger partial charge on any atom is -0.355 e. The number of allylic oxidation sites excluding steroid dienone is 1. The molecule has 2 aliphatic rings. The number of hydrogen-bond donors (Lipinski definition) is 1. The number of hydrogen-bond acceptors (Lipinski definition) is 1. The lowest BCUT2D eigenvalue weighted by Crippen LogP contribution is -2.13. The third-order valence-electron chi connectivity index (χ3n) is 3.31. The maximum Gasteiger partial charge on any atom is 0.220 e. The molecule has 0 aromatic carbocycles. The van der Waals surface area contributed by atoms with Crippen molar-refractivity contribution < 1.29 is 4.79 Å². The van der Waals surface area contributed by atoms with Gasteiger partial charge in [0.05, 0.1) is 0 Å². The molecule has 78 valence electrons. The van der Waals surface area contributed by atoms with Crippen molar-refractivity contribution in [3.8, 4) is 0 Å². The Bertz CT molecular complexity index is 228. The first-order chi connectivity index (χ1) is 6.84. The predicted octanol–water partition coefficient (Wildman–Crippen LogP) is 2.26. The minimum absolute atomic E-state index is 0.211. The number of carbonyl (C=O) groups excluding carboxylic acids is 1. The number of nitrogens with one attached hydrogen (secondary N) is 1. The van der Waals surface area contributed by atoms with Gasteiger partial charge in [-0.15, -0.1) is 0 Å². The van der Waals surface area contributed by atoms with Crippen molar-refractivity contribution >= 4 is 5.91 Å². The van der Waals surface area contributed by atoms with Gasteiger partial charge in [0, 0.05) is 18.9 Å². The minimum atomic E-state index is 0.211. The molecule has 1 amide bonds. The van der Waals surface area contributed by atoms with E-state index in [4.69, 9.17) is 0 Å². The molecule has 14 heavy (non-hydrogen) atoms. The van der Waals surface area contributed by atoms with Crippen molar-refractivity contribution in [2.75, 3.05) is 6.54 Å². The highest BCUT2D eigenvalue weighted by molar-refractivity contribution is 5.78. The summed E-state index contributed by atoms with van der Waals surface area (Å²) in [6.45, 7) is 0.849. The third-order valence-corrected chi connectivity index (χ3v) is 3.31. The van der Waals surface area contributed by atoms with E-state index in [9.17, 15) is 4.79 Å². The van der Waals surface area contributed by atoms with Crippen molar-refractivity contribution in [3.05, 3.63) is 12.2 Å². The Balaban J connectivity index is 1.77. The first-order valence-corrected chi connectivity index (χ1v) is 5.79. The average Bonchev–Trinajstić information content (AvgIpc) is 2.63. The molecular weight excluding hydrogens is 174 g/mol. The van der Waals surface area contributed by atoms with Crippen molar-refractivity contribution in [2.24, 2.45) is 11.8 Å². The van der Waals surface area contributed by atoms with Crippen LogP contribution in [0.15, 0.2) is 12.2 Å². The zero-order chi connectivity index (χ0) is 9.80. The van der Waals surface area contributed by atoms with E-state index < -0.39 is 0 Å². The van der Waals surface area contributed by atoms with Crippen LogP contribution in [0.4, 0.5) is 0 Å².